The van der Waals surface area contributed by atoms with E-state index in [-0.39, 0.29) is 35.3 Å². The summed E-state index contributed by atoms with van der Waals surface area (Å²) in [4.78, 5) is 58.2. The van der Waals surface area contributed by atoms with E-state index in [1.807, 2.05) is 6.08 Å². The van der Waals surface area contributed by atoms with Crippen LogP contribution >= 0.6 is 31.9 Å². The summed E-state index contributed by atoms with van der Waals surface area (Å²) in [6, 6.07) is 20.9. The summed E-state index contributed by atoms with van der Waals surface area (Å²) in [5.41, 5.74) is 2.75. The predicted octanol–water partition coefficient (Wildman–Crippen LogP) is 5.96. The second kappa shape index (κ2) is 9.77. The third kappa shape index (κ3) is 4.04. The van der Waals surface area contributed by atoms with Gasteiger partial charge in [-0.25, -0.2) is 0 Å². The van der Waals surface area contributed by atoms with Crippen molar-refractivity contribution in [2.24, 2.45) is 29.6 Å². The molecular formula is C32H24Br2N2O5. The minimum absolute atomic E-state index is 0.0994. The van der Waals surface area contributed by atoms with Crippen molar-refractivity contribution in [3.63, 3.8) is 0 Å². The van der Waals surface area contributed by atoms with Crippen LogP contribution in [0, 0.1) is 29.6 Å². The number of carbonyl (C=O) groups is 4. The summed E-state index contributed by atoms with van der Waals surface area (Å²) in [6.07, 6.45) is 2.73. The number of carbonyl (C=O) groups excluding carboxylic acids is 4. The van der Waals surface area contributed by atoms with Crippen LogP contribution in [0.2, 0.25) is 0 Å². The molecule has 4 aliphatic rings. The van der Waals surface area contributed by atoms with Gasteiger partial charge in [0.2, 0.25) is 23.6 Å². The van der Waals surface area contributed by atoms with Crippen LogP contribution in [-0.4, -0.2) is 28.7 Å². The third-order valence-corrected chi connectivity index (χ3v) is 10.1. The Hall–Kier alpha value is -3.56. The first-order chi connectivity index (χ1) is 19.7. The van der Waals surface area contributed by atoms with Crippen LogP contribution < -0.4 is 9.80 Å². The van der Waals surface area contributed by atoms with Gasteiger partial charge in [0.25, 0.3) is 0 Å². The van der Waals surface area contributed by atoms with Gasteiger partial charge < -0.3 is 5.11 Å². The number of aromatic hydroxyl groups is 1. The van der Waals surface area contributed by atoms with Crippen LogP contribution in [0.25, 0.3) is 0 Å². The second-order valence-electron chi connectivity index (χ2n) is 11.1. The Morgan fingerprint density at radius 1 is 0.610 bits per heavy atom. The quantitative estimate of drug-likeness (QED) is 0.273. The number of halogens is 2. The number of allylic oxidation sites excluding steroid dienone is 2. The molecule has 2 aliphatic carbocycles. The smallest absolute Gasteiger partial charge is 0.238 e. The zero-order chi connectivity index (χ0) is 28.6. The fourth-order valence-corrected chi connectivity index (χ4v) is 7.86. The normalized spacial score (nSPS) is 28.9. The molecule has 2 saturated heterocycles. The summed E-state index contributed by atoms with van der Waals surface area (Å²) in [5.74, 6) is -4.20. The topological polar surface area (TPSA) is 95.0 Å². The number of rotatable bonds is 3. The lowest BCUT2D eigenvalue weighted by molar-refractivity contribution is -0.126. The van der Waals surface area contributed by atoms with Crippen LogP contribution in [0.3, 0.4) is 0 Å². The molecule has 41 heavy (non-hydrogen) atoms. The monoisotopic (exact) mass is 674 g/mol. The zero-order valence-corrected chi connectivity index (χ0v) is 24.8. The van der Waals surface area contributed by atoms with E-state index in [0.717, 1.165) is 20.1 Å². The Balaban J connectivity index is 1.32. The minimum Gasteiger partial charge on any atom is -0.508 e. The maximum Gasteiger partial charge on any atom is 0.238 e. The van der Waals surface area contributed by atoms with Gasteiger partial charge >= 0.3 is 0 Å². The number of phenols is 1. The molecule has 2 heterocycles. The molecule has 0 bridgehead atoms. The Morgan fingerprint density at radius 3 is 1.68 bits per heavy atom. The number of hydrogen-bond acceptors (Lipinski definition) is 5. The van der Waals surface area contributed by atoms with Crippen LogP contribution in [0.5, 0.6) is 5.75 Å². The van der Waals surface area contributed by atoms with Crippen molar-refractivity contribution >= 4 is 66.9 Å². The van der Waals surface area contributed by atoms with E-state index in [9.17, 15) is 24.3 Å². The summed E-state index contributed by atoms with van der Waals surface area (Å²) >= 11 is 6.82. The molecule has 1 N–H and O–H groups in total. The number of hydrogen-bond donors (Lipinski definition) is 1. The Labute approximate surface area is 253 Å². The molecule has 6 unspecified atom stereocenters. The van der Waals surface area contributed by atoms with E-state index < -0.39 is 29.6 Å². The zero-order valence-electron chi connectivity index (χ0n) is 21.6. The van der Waals surface area contributed by atoms with Crippen molar-refractivity contribution < 1.29 is 24.3 Å². The molecule has 0 aromatic heterocycles. The van der Waals surface area contributed by atoms with Gasteiger partial charge in [0.05, 0.1) is 35.0 Å². The van der Waals surface area contributed by atoms with Gasteiger partial charge in [0, 0.05) is 14.9 Å². The van der Waals surface area contributed by atoms with Crippen molar-refractivity contribution in [1.29, 1.82) is 0 Å². The fourth-order valence-electron chi connectivity index (χ4n) is 7.33. The number of benzene rings is 3. The first kappa shape index (κ1) is 26.3. The maximum atomic E-state index is 14.1. The van der Waals surface area contributed by atoms with Gasteiger partial charge in [0.1, 0.15) is 5.75 Å². The van der Waals surface area contributed by atoms with Crippen LogP contribution in [0.15, 0.2) is 93.4 Å². The first-order valence-electron chi connectivity index (χ1n) is 13.5. The summed E-state index contributed by atoms with van der Waals surface area (Å²) in [7, 11) is 0. The Bertz CT molecular complexity index is 1630. The molecular weight excluding hydrogens is 652 g/mol. The number of nitrogens with zero attached hydrogens (tertiary/aromatic N) is 2. The largest absolute Gasteiger partial charge is 0.508 e. The second-order valence-corrected chi connectivity index (χ2v) is 12.9. The Kier molecular flexibility index (Phi) is 6.28. The summed E-state index contributed by atoms with van der Waals surface area (Å²) < 4.78 is 1.68. The molecule has 9 heteroatoms. The van der Waals surface area contributed by atoms with Crippen molar-refractivity contribution in [1.82, 2.24) is 0 Å². The lowest BCUT2D eigenvalue weighted by atomic mass is 9.57. The van der Waals surface area contributed by atoms with Crippen molar-refractivity contribution in [2.45, 2.75) is 18.8 Å². The van der Waals surface area contributed by atoms with Crippen LogP contribution in [-0.2, 0) is 19.2 Å². The van der Waals surface area contributed by atoms with E-state index in [0.29, 0.717) is 24.2 Å². The summed E-state index contributed by atoms with van der Waals surface area (Å²) in [6.45, 7) is 0. The van der Waals surface area contributed by atoms with Crippen LogP contribution in [0.4, 0.5) is 11.4 Å². The van der Waals surface area contributed by atoms with Crippen LogP contribution in [0.1, 0.15) is 24.3 Å². The fraction of sp³-hybridized carbons (Fsp3) is 0.250. The van der Waals surface area contributed by atoms with E-state index in [1.165, 1.54) is 9.80 Å². The predicted molar refractivity (Wildman–Crippen MR) is 159 cm³/mol. The number of amides is 4. The molecule has 4 amide bonds. The number of imide groups is 2. The van der Waals surface area contributed by atoms with Gasteiger partial charge in [-0.2, -0.15) is 0 Å². The molecule has 206 valence electrons. The van der Waals surface area contributed by atoms with Crippen molar-refractivity contribution in [3.05, 3.63) is 99.0 Å². The van der Waals surface area contributed by atoms with Crippen molar-refractivity contribution in [2.75, 3.05) is 9.80 Å². The third-order valence-electron chi connectivity index (χ3n) is 9.07. The molecule has 0 radical (unpaired) electrons. The van der Waals surface area contributed by atoms with E-state index in [2.05, 4.69) is 31.9 Å². The molecule has 3 fully saturated rings. The summed E-state index contributed by atoms with van der Waals surface area (Å²) in [5, 5.41) is 9.99. The van der Waals surface area contributed by atoms with Gasteiger partial charge in [-0.1, -0.05) is 55.6 Å². The maximum absolute atomic E-state index is 14.1. The molecule has 3 aromatic carbocycles. The number of fused-ring (bicyclic) bond motifs is 4. The highest BCUT2D eigenvalue weighted by atomic mass is 79.9. The first-order valence-corrected chi connectivity index (χ1v) is 15.1. The molecule has 2 aliphatic heterocycles. The standard InChI is InChI=1S/C32H24Br2N2O5/c33-17-3-7-19(8-4-17)35-29(38)23-14-13-22-24(27(23)31(35)40)15-25-28(26(22)16-1-11-21(37)12-2-16)32(41)36(30(25)39)20-9-5-18(34)6-10-20/h1-13,23-28,37H,14-15H2. The average Bonchev–Trinajstić information content (AvgIpc) is 3.37. The van der Waals surface area contributed by atoms with Gasteiger partial charge in [-0.3, -0.25) is 29.0 Å². The molecule has 1 saturated carbocycles. The molecule has 7 nitrogen and oxygen atoms in total. The molecule has 7 rings (SSSR count). The average molecular weight is 676 g/mol. The molecule has 3 aromatic rings. The number of anilines is 2. The molecule has 0 spiro atoms. The highest BCUT2D eigenvalue weighted by Gasteiger charge is 2.62. The SMILES string of the molecule is O=C1C2CC=C3C(CC4C(=O)N(c5ccc(Br)cc5)C(=O)C4C3c3ccc(O)cc3)C2C(=O)N1c1ccc(Br)cc1. The highest BCUT2D eigenvalue weighted by Crippen LogP contribution is 2.58. The lowest BCUT2D eigenvalue weighted by Gasteiger charge is -2.44. The van der Waals surface area contributed by atoms with E-state index >= 15 is 0 Å². The van der Waals surface area contributed by atoms with E-state index in [1.54, 1.807) is 72.8 Å². The van der Waals surface area contributed by atoms with Gasteiger partial charge in [0.15, 0.2) is 0 Å². The van der Waals surface area contributed by atoms with Gasteiger partial charge in [-0.05, 0) is 85.0 Å². The molecule has 6 atom stereocenters. The highest BCUT2D eigenvalue weighted by molar-refractivity contribution is 9.10. The Morgan fingerprint density at radius 2 is 1.12 bits per heavy atom. The number of phenolic OH excluding ortho intramolecular Hbond substituents is 1. The van der Waals surface area contributed by atoms with E-state index in [4.69, 9.17) is 0 Å². The van der Waals surface area contributed by atoms with Gasteiger partial charge in [-0.15, -0.1) is 0 Å². The minimum atomic E-state index is -0.649. The van der Waals surface area contributed by atoms with Crippen molar-refractivity contribution in [3.8, 4) is 5.75 Å². The lowest BCUT2D eigenvalue weighted by Crippen LogP contribution is -2.43.